The van der Waals surface area contributed by atoms with Crippen LogP contribution >= 0.6 is 11.6 Å². The first-order valence-electron chi connectivity index (χ1n) is 8.70. The highest BCUT2D eigenvalue weighted by Crippen LogP contribution is 2.22. The van der Waals surface area contributed by atoms with Gasteiger partial charge >= 0.3 is 0 Å². The molecule has 0 bridgehead atoms. The average molecular weight is 409 g/mol. The molecule has 0 N–H and O–H groups in total. The van der Waals surface area contributed by atoms with Crippen LogP contribution in [-0.2, 0) is 21.4 Å². The Bertz CT molecular complexity index is 882. The minimum atomic E-state index is -3.42. The molecule has 2 aromatic carbocycles. The molecule has 0 atom stereocenters. The molecule has 0 aliphatic heterocycles. The highest BCUT2D eigenvalue weighted by atomic mass is 35.5. The van der Waals surface area contributed by atoms with Gasteiger partial charge in [0.2, 0.25) is 15.9 Å². The number of rotatable bonds is 8. The fourth-order valence-corrected chi connectivity index (χ4v) is 3.97. The van der Waals surface area contributed by atoms with Gasteiger partial charge in [0.25, 0.3) is 0 Å². The lowest BCUT2D eigenvalue weighted by Gasteiger charge is -2.24. The summed E-state index contributed by atoms with van der Waals surface area (Å²) < 4.78 is 25.7. The molecule has 0 heterocycles. The maximum atomic E-state index is 12.4. The number of hydrogen-bond acceptors (Lipinski definition) is 3. The van der Waals surface area contributed by atoms with Crippen molar-refractivity contribution >= 4 is 33.2 Å². The van der Waals surface area contributed by atoms with Crippen molar-refractivity contribution in [1.82, 2.24) is 4.90 Å². The normalized spacial score (nSPS) is 11.3. The average Bonchev–Trinajstić information content (AvgIpc) is 2.60. The second-order valence-corrected chi connectivity index (χ2v) is 8.94. The van der Waals surface area contributed by atoms with Crippen LogP contribution in [0.3, 0.4) is 0 Å². The van der Waals surface area contributed by atoms with Crippen LogP contribution in [0.2, 0.25) is 5.02 Å². The van der Waals surface area contributed by atoms with E-state index < -0.39 is 10.0 Å². The van der Waals surface area contributed by atoms with Gasteiger partial charge in [0, 0.05) is 31.6 Å². The van der Waals surface area contributed by atoms with Crippen molar-refractivity contribution in [3.63, 3.8) is 0 Å². The van der Waals surface area contributed by atoms with Crippen molar-refractivity contribution in [2.75, 3.05) is 24.2 Å². The molecule has 146 valence electrons. The Balaban J connectivity index is 1.95. The second kappa shape index (κ2) is 9.24. The number of para-hydroxylation sites is 1. The quantitative estimate of drug-likeness (QED) is 0.666. The van der Waals surface area contributed by atoms with E-state index in [9.17, 15) is 13.2 Å². The van der Waals surface area contributed by atoms with Crippen molar-refractivity contribution in [3.05, 3.63) is 64.7 Å². The van der Waals surface area contributed by atoms with Crippen LogP contribution < -0.4 is 4.31 Å². The summed E-state index contributed by atoms with van der Waals surface area (Å²) in [4.78, 5) is 14.0. The van der Waals surface area contributed by atoms with Crippen molar-refractivity contribution < 1.29 is 13.2 Å². The van der Waals surface area contributed by atoms with Gasteiger partial charge in [-0.25, -0.2) is 8.42 Å². The van der Waals surface area contributed by atoms with Gasteiger partial charge in [-0.1, -0.05) is 41.9 Å². The number of hydrogen-bond donors (Lipinski definition) is 0. The van der Waals surface area contributed by atoms with E-state index in [-0.39, 0.29) is 18.9 Å². The summed E-state index contributed by atoms with van der Waals surface area (Å²) in [7, 11) is -1.67. The number of nitrogens with zero attached hydrogens (tertiary/aromatic N) is 2. The lowest BCUT2D eigenvalue weighted by atomic mass is 10.2. The van der Waals surface area contributed by atoms with Crippen LogP contribution in [0, 0.1) is 6.92 Å². The topological polar surface area (TPSA) is 57.7 Å². The molecular formula is C20H25ClN2O3S. The smallest absolute Gasteiger partial charge is 0.232 e. The predicted molar refractivity (Wildman–Crippen MR) is 111 cm³/mol. The predicted octanol–water partition coefficient (Wildman–Crippen LogP) is 3.85. The molecule has 2 aromatic rings. The Labute approximate surface area is 166 Å². The summed E-state index contributed by atoms with van der Waals surface area (Å²) >= 11 is 5.87. The Morgan fingerprint density at radius 2 is 1.70 bits per heavy atom. The van der Waals surface area contributed by atoms with E-state index in [4.69, 9.17) is 11.6 Å². The molecule has 2 rings (SSSR count). The largest absolute Gasteiger partial charge is 0.341 e. The molecule has 0 radical (unpaired) electrons. The number of carbonyl (C=O) groups is 1. The standard InChI is InChI=1S/C20H25ClN2O3S/c1-16-7-4-5-8-19(16)23(27(3,25)26)14-6-9-20(24)22(2)15-17-10-12-18(21)13-11-17/h4-5,7-8,10-13H,6,9,14-15H2,1-3H3. The first kappa shape index (κ1) is 21.3. The fourth-order valence-electron chi connectivity index (χ4n) is 2.82. The zero-order valence-electron chi connectivity index (χ0n) is 15.9. The molecule has 0 aliphatic rings. The molecule has 7 heteroatoms. The van der Waals surface area contributed by atoms with Crippen molar-refractivity contribution in [1.29, 1.82) is 0 Å². The van der Waals surface area contributed by atoms with Gasteiger partial charge in [0.1, 0.15) is 0 Å². The summed E-state index contributed by atoms with van der Waals surface area (Å²) in [5.41, 5.74) is 2.53. The molecule has 0 aliphatic carbocycles. The van der Waals surface area contributed by atoms with Gasteiger partial charge < -0.3 is 4.90 Å². The van der Waals surface area contributed by atoms with Crippen LogP contribution in [0.4, 0.5) is 5.69 Å². The SMILES string of the molecule is Cc1ccccc1N(CCCC(=O)N(C)Cc1ccc(Cl)cc1)S(C)(=O)=O. The third kappa shape index (κ3) is 6.26. The Hall–Kier alpha value is -2.05. The van der Waals surface area contributed by atoms with E-state index in [0.717, 1.165) is 11.1 Å². The van der Waals surface area contributed by atoms with E-state index in [1.165, 1.54) is 10.6 Å². The van der Waals surface area contributed by atoms with Crippen LogP contribution in [0.25, 0.3) is 0 Å². The lowest BCUT2D eigenvalue weighted by Crippen LogP contribution is -2.33. The van der Waals surface area contributed by atoms with Crippen molar-refractivity contribution in [3.8, 4) is 0 Å². The maximum absolute atomic E-state index is 12.4. The van der Waals surface area contributed by atoms with E-state index >= 15 is 0 Å². The first-order chi connectivity index (χ1) is 12.7. The molecular weight excluding hydrogens is 384 g/mol. The third-order valence-electron chi connectivity index (χ3n) is 4.30. The number of carbonyl (C=O) groups excluding carboxylic acids is 1. The fraction of sp³-hybridized carbons (Fsp3) is 0.350. The molecule has 0 saturated carbocycles. The van der Waals surface area contributed by atoms with Gasteiger partial charge in [0.15, 0.2) is 0 Å². The van der Waals surface area contributed by atoms with Gasteiger partial charge in [-0.3, -0.25) is 9.10 Å². The monoisotopic (exact) mass is 408 g/mol. The highest BCUT2D eigenvalue weighted by Gasteiger charge is 2.19. The van der Waals surface area contributed by atoms with Crippen molar-refractivity contribution in [2.45, 2.75) is 26.3 Å². The highest BCUT2D eigenvalue weighted by molar-refractivity contribution is 7.92. The number of amides is 1. The Kier molecular flexibility index (Phi) is 7.27. The Morgan fingerprint density at radius 3 is 2.30 bits per heavy atom. The summed E-state index contributed by atoms with van der Waals surface area (Å²) in [6.45, 7) is 2.63. The molecule has 0 spiro atoms. The van der Waals surface area contributed by atoms with E-state index in [0.29, 0.717) is 23.7 Å². The Morgan fingerprint density at radius 1 is 1.07 bits per heavy atom. The molecule has 0 aromatic heterocycles. The lowest BCUT2D eigenvalue weighted by molar-refractivity contribution is -0.130. The second-order valence-electron chi connectivity index (χ2n) is 6.60. The number of benzene rings is 2. The maximum Gasteiger partial charge on any atom is 0.232 e. The first-order valence-corrected chi connectivity index (χ1v) is 10.9. The van der Waals surface area contributed by atoms with Gasteiger partial charge in [-0.2, -0.15) is 0 Å². The molecule has 0 unspecified atom stereocenters. The van der Waals surface area contributed by atoms with Crippen LogP contribution in [0.1, 0.15) is 24.0 Å². The summed E-state index contributed by atoms with van der Waals surface area (Å²) in [5, 5.41) is 0.657. The van der Waals surface area contributed by atoms with E-state index in [1.54, 1.807) is 30.1 Å². The molecule has 27 heavy (non-hydrogen) atoms. The summed E-state index contributed by atoms with van der Waals surface area (Å²) in [6.07, 6.45) is 1.92. The zero-order valence-corrected chi connectivity index (χ0v) is 17.4. The van der Waals surface area contributed by atoms with E-state index in [1.807, 2.05) is 37.3 Å². The van der Waals surface area contributed by atoms with Crippen LogP contribution in [0.15, 0.2) is 48.5 Å². The molecule has 0 fully saturated rings. The van der Waals surface area contributed by atoms with Crippen molar-refractivity contribution in [2.24, 2.45) is 0 Å². The minimum Gasteiger partial charge on any atom is -0.341 e. The van der Waals surface area contributed by atoms with Crippen LogP contribution in [0.5, 0.6) is 0 Å². The third-order valence-corrected chi connectivity index (χ3v) is 5.73. The molecule has 1 amide bonds. The zero-order chi connectivity index (χ0) is 20.0. The van der Waals surface area contributed by atoms with Gasteiger partial charge in [-0.05, 0) is 42.7 Å². The minimum absolute atomic E-state index is 0.0248. The number of aryl methyl sites for hydroxylation is 1. The van der Waals surface area contributed by atoms with Crippen LogP contribution in [-0.4, -0.2) is 39.1 Å². The van der Waals surface area contributed by atoms with E-state index in [2.05, 4.69) is 0 Å². The van der Waals surface area contributed by atoms with Gasteiger partial charge in [0.05, 0.1) is 11.9 Å². The van der Waals surface area contributed by atoms with Gasteiger partial charge in [-0.15, -0.1) is 0 Å². The number of halogens is 1. The molecule has 5 nitrogen and oxygen atoms in total. The molecule has 0 saturated heterocycles. The summed E-state index contributed by atoms with van der Waals surface area (Å²) in [6, 6.07) is 14.7. The number of anilines is 1. The number of sulfonamides is 1. The summed E-state index contributed by atoms with van der Waals surface area (Å²) in [5.74, 6) is -0.0248.